The lowest BCUT2D eigenvalue weighted by Crippen LogP contribution is -2.37. The highest BCUT2D eigenvalue weighted by molar-refractivity contribution is 6.31. The maximum absolute atomic E-state index is 12.9. The van der Waals surface area contributed by atoms with Crippen LogP contribution in [0.4, 0.5) is 24.5 Å². The van der Waals surface area contributed by atoms with Crippen molar-refractivity contribution in [3.05, 3.63) is 68.7 Å². The molecule has 9 nitrogen and oxygen atoms in total. The second-order valence-corrected chi connectivity index (χ2v) is 6.75. The minimum Gasteiger partial charge on any atom is -0.452 e. The van der Waals surface area contributed by atoms with Gasteiger partial charge < -0.3 is 15.0 Å². The van der Waals surface area contributed by atoms with Gasteiger partial charge in [0.15, 0.2) is 6.61 Å². The molecule has 2 rings (SSSR count). The average molecular weight is 474 g/mol. The molecule has 2 aromatic rings. The number of hydrogen-bond donors (Lipinski definition) is 1. The van der Waals surface area contributed by atoms with Crippen LogP contribution in [0.3, 0.4) is 0 Å². The van der Waals surface area contributed by atoms with Crippen molar-refractivity contribution in [2.45, 2.75) is 6.18 Å². The van der Waals surface area contributed by atoms with E-state index in [1.54, 1.807) is 0 Å². The number of carbonyl (C=O) groups is 3. The van der Waals surface area contributed by atoms with E-state index in [-0.39, 0.29) is 11.3 Å². The quantitative estimate of drug-likeness (QED) is 0.373. The summed E-state index contributed by atoms with van der Waals surface area (Å²) in [7, 11) is 1.20. The average Bonchev–Trinajstić information content (AvgIpc) is 2.72. The number of carbonyl (C=O) groups excluding carboxylic acids is 3. The first-order chi connectivity index (χ1) is 14.9. The lowest BCUT2D eigenvalue weighted by molar-refractivity contribution is -0.385. The molecule has 13 heteroatoms. The number of nitro benzene ring substituents is 1. The molecule has 32 heavy (non-hydrogen) atoms. The molecule has 170 valence electrons. The monoisotopic (exact) mass is 473 g/mol. The van der Waals surface area contributed by atoms with Gasteiger partial charge in [0.05, 0.1) is 22.1 Å². The fourth-order valence-electron chi connectivity index (χ4n) is 2.45. The number of likely N-dealkylation sites (N-methyl/N-ethyl adjacent to an activating group) is 1. The molecule has 0 bridgehead atoms. The number of alkyl halides is 3. The van der Waals surface area contributed by atoms with Crippen LogP contribution >= 0.6 is 11.6 Å². The molecule has 0 spiro atoms. The van der Waals surface area contributed by atoms with Crippen LogP contribution in [0.1, 0.15) is 15.9 Å². The summed E-state index contributed by atoms with van der Waals surface area (Å²) in [4.78, 5) is 47.2. The Labute approximate surface area is 183 Å². The molecule has 0 saturated carbocycles. The van der Waals surface area contributed by atoms with Gasteiger partial charge in [-0.3, -0.25) is 19.7 Å². The zero-order valence-corrected chi connectivity index (χ0v) is 17.1. The lowest BCUT2D eigenvalue weighted by atomic mass is 10.2. The van der Waals surface area contributed by atoms with Crippen molar-refractivity contribution < 1.29 is 37.2 Å². The molecule has 0 aliphatic carbocycles. The van der Waals surface area contributed by atoms with E-state index >= 15 is 0 Å². The number of amides is 2. The van der Waals surface area contributed by atoms with Crippen LogP contribution in [-0.2, 0) is 20.5 Å². The summed E-state index contributed by atoms with van der Waals surface area (Å²) in [5, 5.41) is 12.6. The minimum atomic E-state index is -4.72. The van der Waals surface area contributed by atoms with E-state index < -0.39 is 58.3 Å². The highest BCUT2D eigenvalue weighted by Crippen LogP contribution is 2.36. The first-order valence-corrected chi connectivity index (χ1v) is 9.09. The molecular formula is C19H15ClF3N3O6. The third-order valence-electron chi connectivity index (χ3n) is 4.01. The predicted molar refractivity (Wildman–Crippen MR) is 106 cm³/mol. The Balaban J connectivity index is 1.93. The fraction of sp³-hybridized carbons (Fsp3) is 0.211. The van der Waals surface area contributed by atoms with Gasteiger partial charge in [0.25, 0.3) is 11.6 Å². The maximum atomic E-state index is 12.9. The summed E-state index contributed by atoms with van der Waals surface area (Å²) < 4.78 is 43.4. The Kier molecular flexibility index (Phi) is 7.76. The van der Waals surface area contributed by atoms with Crippen LogP contribution in [0, 0.1) is 10.1 Å². The third kappa shape index (κ3) is 6.41. The number of nitrogens with zero attached hydrogens (tertiary/aromatic N) is 2. The molecule has 2 amide bonds. The summed E-state index contributed by atoms with van der Waals surface area (Å²) in [5.41, 5.74) is -2.17. The molecule has 0 fully saturated rings. The predicted octanol–water partition coefficient (Wildman–Crippen LogP) is 3.52. The largest absolute Gasteiger partial charge is 0.452 e. The number of ether oxygens (including phenoxy) is 1. The normalized spacial score (nSPS) is 10.9. The van der Waals surface area contributed by atoms with Crippen LogP contribution in [0.15, 0.2) is 42.5 Å². The van der Waals surface area contributed by atoms with Crippen LogP contribution in [0.5, 0.6) is 0 Å². The van der Waals surface area contributed by atoms with Crippen LogP contribution in [0.2, 0.25) is 5.02 Å². The first kappa shape index (κ1) is 24.6. The molecule has 0 aliphatic rings. The first-order valence-electron chi connectivity index (χ1n) is 8.71. The highest BCUT2D eigenvalue weighted by atomic mass is 35.5. The Hall–Kier alpha value is -3.67. The number of esters is 1. The van der Waals surface area contributed by atoms with E-state index in [1.165, 1.54) is 19.2 Å². The van der Waals surface area contributed by atoms with Gasteiger partial charge in [0, 0.05) is 18.8 Å². The van der Waals surface area contributed by atoms with Gasteiger partial charge in [0.2, 0.25) is 5.91 Å². The third-order valence-corrected chi connectivity index (χ3v) is 4.34. The molecule has 0 radical (unpaired) electrons. The molecule has 0 saturated heterocycles. The number of benzene rings is 2. The number of nitrogens with one attached hydrogen (secondary N) is 1. The van der Waals surface area contributed by atoms with Gasteiger partial charge >= 0.3 is 12.1 Å². The second kappa shape index (κ2) is 10.1. The smallest absolute Gasteiger partial charge is 0.417 e. The molecular weight excluding hydrogens is 459 g/mol. The summed E-state index contributed by atoms with van der Waals surface area (Å²) >= 11 is 5.51. The molecule has 0 atom stereocenters. The Bertz CT molecular complexity index is 1060. The molecule has 0 aliphatic heterocycles. The molecule has 1 N–H and O–H groups in total. The molecule has 0 unspecified atom stereocenters. The van der Waals surface area contributed by atoms with E-state index in [2.05, 4.69) is 5.32 Å². The topological polar surface area (TPSA) is 119 Å². The van der Waals surface area contributed by atoms with Crippen molar-refractivity contribution >= 4 is 40.8 Å². The van der Waals surface area contributed by atoms with Gasteiger partial charge in [-0.15, -0.1) is 0 Å². The number of hydrogen-bond acceptors (Lipinski definition) is 6. The highest BCUT2D eigenvalue weighted by Gasteiger charge is 2.33. The van der Waals surface area contributed by atoms with Gasteiger partial charge in [-0.05, 0) is 24.3 Å². The number of rotatable bonds is 7. The standard InChI is InChI=1S/C19H15ClF3N3O6/c1-25(9-16(27)24-11-6-7-14(20)13(8-11)19(21,22)23)17(28)10-32-18(29)12-4-2-3-5-15(12)26(30)31/h2-8H,9-10H2,1H3,(H,24,27). The van der Waals surface area contributed by atoms with Gasteiger partial charge in [0.1, 0.15) is 5.56 Å². The summed E-state index contributed by atoms with van der Waals surface area (Å²) in [6, 6.07) is 7.76. The van der Waals surface area contributed by atoms with E-state index in [4.69, 9.17) is 16.3 Å². The van der Waals surface area contributed by atoms with E-state index in [1.807, 2.05) is 0 Å². The second-order valence-electron chi connectivity index (χ2n) is 6.34. The summed E-state index contributed by atoms with van der Waals surface area (Å²) in [5.74, 6) is -2.75. The van der Waals surface area contributed by atoms with Crippen molar-refractivity contribution in [1.29, 1.82) is 0 Å². The zero-order chi connectivity index (χ0) is 24.1. The van der Waals surface area contributed by atoms with E-state index in [0.29, 0.717) is 6.07 Å². The van der Waals surface area contributed by atoms with Crippen LogP contribution < -0.4 is 5.32 Å². The number of nitro groups is 1. The Morgan fingerprint density at radius 3 is 2.47 bits per heavy atom. The van der Waals surface area contributed by atoms with E-state index in [0.717, 1.165) is 29.2 Å². The summed E-state index contributed by atoms with van der Waals surface area (Å²) in [6.07, 6.45) is -4.72. The van der Waals surface area contributed by atoms with Crippen molar-refractivity contribution in [1.82, 2.24) is 4.90 Å². The lowest BCUT2D eigenvalue weighted by Gasteiger charge is -2.17. The number of halogens is 4. The van der Waals surface area contributed by atoms with Gasteiger partial charge in [-0.1, -0.05) is 23.7 Å². The number of para-hydroxylation sites is 1. The molecule has 0 aromatic heterocycles. The maximum Gasteiger partial charge on any atom is 0.417 e. The minimum absolute atomic E-state index is 0.185. The molecule has 2 aromatic carbocycles. The van der Waals surface area contributed by atoms with E-state index in [9.17, 15) is 37.7 Å². The zero-order valence-electron chi connectivity index (χ0n) is 16.3. The molecule has 0 heterocycles. The Morgan fingerprint density at radius 1 is 1.19 bits per heavy atom. The SMILES string of the molecule is CN(CC(=O)Nc1ccc(Cl)c(C(F)(F)F)c1)C(=O)COC(=O)c1ccccc1[N+](=O)[O-]. The van der Waals surface area contributed by atoms with Gasteiger partial charge in [-0.2, -0.15) is 13.2 Å². The number of anilines is 1. The van der Waals surface area contributed by atoms with Gasteiger partial charge in [-0.25, -0.2) is 4.79 Å². The van der Waals surface area contributed by atoms with Crippen LogP contribution in [0.25, 0.3) is 0 Å². The van der Waals surface area contributed by atoms with Crippen molar-refractivity contribution in [2.75, 3.05) is 25.5 Å². The van der Waals surface area contributed by atoms with Crippen molar-refractivity contribution in [3.8, 4) is 0 Å². The fourth-order valence-corrected chi connectivity index (χ4v) is 2.67. The van der Waals surface area contributed by atoms with Crippen molar-refractivity contribution in [2.24, 2.45) is 0 Å². The van der Waals surface area contributed by atoms with Crippen LogP contribution in [-0.4, -0.2) is 47.8 Å². The Morgan fingerprint density at radius 2 is 1.84 bits per heavy atom. The summed E-state index contributed by atoms with van der Waals surface area (Å²) in [6.45, 7) is -1.38. The van der Waals surface area contributed by atoms with Crippen molar-refractivity contribution in [3.63, 3.8) is 0 Å².